The highest BCUT2D eigenvalue weighted by atomic mass is 32.1. The van der Waals surface area contributed by atoms with Gasteiger partial charge in [0.2, 0.25) is 0 Å². The maximum absolute atomic E-state index is 10.4. The van der Waals surface area contributed by atoms with E-state index in [1.54, 1.807) is 12.1 Å². The largest absolute Gasteiger partial charge is 0.362 e. The van der Waals surface area contributed by atoms with Crippen LogP contribution in [-0.2, 0) is 0 Å². The minimum atomic E-state index is -0.445. The van der Waals surface area contributed by atoms with Crippen molar-refractivity contribution in [3.05, 3.63) is 39.9 Å². The molecule has 6 nitrogen and oxygen atoms in total. The minimum Gasteiger partial charge on any atom is -0.362 e. The van der Waals surface area contributed by atoms with Crippen LogP contribution in [0.2, 0.25) is 0 Å². The normalized spacial score (nSPS) is 10.2. The van der Waals surface area contributed by atoms with Crippen LogP contribution in [0.25, 0.3) is 0 Å². The first-order valence-corrected chi connectivity index (χ1v) is 5.35. The summed E-state index contributed by atoms with van der Waals surface area (Å²) >= 11 is 4.90. The first kappa shape index (κ1) is 13.0. The highest BCUT2D eigenvalue weighted by Gasteiger charge is 2.02. The zero-order valence-electron chi connectivity index (χ0n) is 9.21. The zero-order chi connectivity index (χ0) is 12.7. The third-order valence-corrected chi connectivity index (χ3v) is 2.06. The van der Waals surface area contributed by atoms with Gasteiger partial charge in [-0.25, -0.2) is 0 Å². The molecular formula is C10H12N4O2S. The van der Waals surface area contributed by atoms with Gasteiger partial charge in [-0.05, 0) is 36.8 Å². The van der Waals surface area contributed by atoms with Crippen molar-refractivity contribution < 1.29 is 4.92 Å². The van der Waals surface area contributed by atoms with E-state index < -0.39 is 4.92 Å². The van der Waals surface area contributed by atoms with E-state index in [1.807, 2.05) is 6.92 Å². The molecule has 0 saturated carbocycles. The molecule has 0 aromatic heterocycles. The quantitative estimate of drug-likeness (QED) is 0.366. The van der Waals surface area contributed by atoms with Gasteiger partial charge in [0.25, 0.3) is 5.69 Å². The van der Waals surface area contributed by atoms with E-state index in [9.17, 15) is 10.1 Å². The molecule has 0 amide bonds. The Bertz CT molecular complexity index is 430. The van der Waals surface area contributed by atoms with Gasteiger partial charge in [0, 0.05) is 18.7 Å². The van der Waals surface area contributed by atoms with Crippen molar-refractivity contribution in [2.24, 2.45) is 5.10 Å². The predicted octanol–water partition coefficient (Wildman–Crippen LogP) is 1.41. The fourth-order valence-electron chi connectivity index (χ4n) is 1.05. The Kier molecular flexibility index (Phi) is 5.02. The zero-order valence-corrected chi connectivity index (χ0v) is 10.0. The maximum atomic E-state index is 10.4. The van der Waals surface area contributed by atoms with Gasteiger partial charge in [0.1, 0.15) is 0 Å². The number of hydrogen-bond donors (Lipinski definition) is 2. The molecule has 2 N–H and O–H groups in total. The number of nitro benzene ring substituents is 1. The lowest BCUT2D eigenvalue weighted by atomic mass is 10.2. The van der Waals surface area contributed by atoms with Crippen LogP contribution >= 0.6 is 12.2 Å². The molecule has 0 radical (unpaired) electrons. The van der Waals surface area contributed by atoms with Gasteiger partial charge in [-0.1, -0.05) is 0 Å². The van der Waals surface area contributed by atoms with Crippen molar-refractivity contribution in [2.45, 2.75) is 6.92 Å². The molecule has 0 fully saturated rings. The highest BCUT2D eigenvalue weighted by molar-refractivity contribution is 7.80. The second kappa shape index (κ2) is 6.54. The van der Waals surface area contributed by atoms with E-state index in [1.165, 1.54) is 18.3 Å². The Morgan fingerprint density at radius 1 is 1.53 bits per heavy atom. The van der Waals surface area contributed by atoms with E-state index >= 15 is 0 Å². The van der Waals surface area contributed by atoms with Crippen LogP contribution in [0.3, 0.4) is 0 Å². The molecular weight excluding hydrogens is 240 g/mol. The Morgan fingerprint density at radius 2 is 2.18 bits per heavy atom. The number of thiocarbonyl (C=S) groups is 1. The molecule has 0 saturated heterocycles. The number of nitrogens with zero attached hydrogens (tertiary/aromatic N) is 2. The lowest BCUT2D eigenvalue weighted by molar-refractivity contribution is -0.384. The number of nitro groups is 1. The smallest absolute Gasteiger partial charge is 0.269 e. The van der Waals surface area contributed by atoms with Crippen molar-refractivity contribution in [3.63, 3.8) is 0 Å². The lowest BCUT2D eigenvalue weighted by Crippen LogP contribution is -2.31. The standard InChI is InChI=1S/C10H12N4O2S/c1-2-11-10(17)13-12-7-8-3-5-9(6-4-8)14(15)16/h3-7H,2H2,1H3,(H2,11,13,17). The van der Waals surface area contributed by atoms with E-state index in [0.29, 0.717) is 5.11 Å². The molecule has 0 bridgehead atoms. The van der Waals surface area contributed by atoms with E-state index in [4.69, 9.17) is 12.2 Å². The SMILES string of the molecule is CCNC(=S)NN=Cc1ccc([N+](=O)[O-])cc1. The summed E-state index contributed by atoms with van der Waals surface area (Å²) in [7, 11) is 0. The highest BCUT2D eigenvalue weighted by Crippen LogP contribution is 2.10. The molecule has 7 heteroatoms. The molecule has 1 rings (SSSR count). The van der Waals surface area contributed by atoms with Gasteiger partial charge < -0.3 is 5.32 Å². The van der Waals surface area contributed by atoms with E-state index in [2.05, 4.69) is 15.8 Å². The Labute approximate surface area is 104 Å². The Balaban J connectivity index is 2.54. The molecule has 0 aliphatic rings. The number of hydrazone groups is 1. The molecule has 0 unspecified atom stereocenters. The number of rotatable bonds is 4. The molecule has 90 valence electrons. The number of nitrogens with one attached hydrogen (secondary N) is 2. The van der Waals surface area contributed by atoms with Gasteiger partial charge in [-0.2, -0.15) is 5.10 Å². The monoisotopic (exact) mass is 252 g/mol. The summed E-state index contributed by atoms with van der Waals surface area (Å²) in [5.74, 6) is 0. The van der Waals surface area contributed by atoms with E-state index in [-0.39, 0.29) is 5.69 Å². The third-order valence-electron chi connectivity index (χ3n) is 1.82. The summed E-state index contributed by atoms with van der Waals surface area (Å²) < 4.78 is 0. The van der Waals surface area contributed by atoms with Gasteiger partial charge in [-0.3, -0.25) is 15.5 Å². The third kappa shape index (κ3) is 4.56. The Morgan fingerprint density at radius 3 is 2.71 bits per heavy atom. The maximum Gasteiger partial charge on any atom is 0.269 e. The van der Waals surface area contributed by atoms with Crippen LogP contribution < -0.4 is 10.7 Å². The van der Waals surface area contributed by atoms with Gasteiger partial charge >= 0.3 is 0 Å². The Hall–Kier alpha value is -2.02. The molecule has 0 aliphatic carbocycles. The first-order valence-electron chi connectivity index (χ1n) is 4.95. The molecule has 0 atom stereocenters. The molecule has 0 spiro atoms. The lowest BCUT2D eigenvalue weighted by Gasteiger charge is -2.02. The number of non-ortho nitro benzene ring substituents is 1. The summed E-state index contributed by atoms with van der Waals surface area (Å²) in [6, 6.07) is 6.06. The van der Waals surface area contributed by atoms with Crippen LogP contribution in [0.5, 0.6) is 0 Å². The first-order chi connectivity index (χ1) is 8.13. The molecule has 1 aromatic rings. The van der Waals surface area contributed by atoms with Crippen molar-refractivity contribution in [1.29, 1.82) is 0 Å². The molecule has 1 aromatic carbocycles. The average molecular weight is 252 g/mol. The molecule has 0 aliphatic heterocycles. The van der Waals surface area contributed by atoms with Crippen LogP contribution in [-0.4, -0.2) is 22.8 Å². The van der Waals surface area contributed by atoms with Crippen LogP contribution in [0, 0.1) is 10.1 Å². The van der Waals surface area contributed by atoms with Crippen molar-refractivity contribution in [3.8, 4) is 0 Å². The summed E-state index contributed by atoms with van der Waals surface area (Å²) in [6.45, 7) is 2.65. The van der Waals surface area contributed by atoms with Gasteiger partial charge in [-0.15, -0.1) is 0 Å². The van der Waals surface area contributed by atoms with Crippen LogP contribution in [0.1, 0.15) is 12.5 Å². The van der Waals surface area contributed by atoms with E-state index in [0.717, 1.165) is 12.1 Å². The second-order valence-corrected chi connectivity index (χ2v) is 3.49. The van der Waals surface area contributed by atoms with Crippen molar-refractivity contribution in [1.82, 2.24) is 10.7 Å². The minimum absolute atomic E-state index is 0.0540. The average Bonchev–Trinajstić information content (AvgIpc) is 2.30. The van der Waals surface area contributed by atoms with Crippen molar-refractivity contribution in [2.75, 3.05) is 6.54 Å². The number of hydrogen-bond acceptors (Lipinski definition) is 4. The van der Waals surface area contributed by atoms with Gasteiger partial charge in [0.05, 0.1) is 11.1 Å². The van der Waals surface area contributed by atoms with Gasteiger partial charge in [0.15, 0.2) is 5.11 Å². The predicted molar refractivity (Wildman–Crippen MR) is 70.1 cm³/mol. The summed E-state index contributed by atoms with van der Waals surface area (Å²) in [4.78, 5) is 9.98. The van der Waals surface area contributed by atoms with Crippen molar-refractivity contribution >= 4 is 29.2 Å². The molecule has 17 heavy (non-hydrogen) atoms. The summed E-state index contributed by atoms with van der Waals surface area (Å²) in [5, 5.41) is 17.6. The summed E-state index contributed by atoms with van der Waals surface area (Å²) in [5.41, 5.74) is 3.43. The fourth-order valence-corrected chi connectivity index (χ4v) is 1.24. The topological polar surface area (TPSA) is 79.6 Å². The second-order valence-electron chi connectivity index (χ2n) is 3.08. The fraction of sp³-hybridized carbons (Fsp3) is 0.200. The summed E-state index contributed by atoms with van der Waals surface area (Å²) in [6.07, 6.45) is 1.54. The van der Waals surface area contributed by atoms with Crippen LogP contribution in [0.15, 0.2) is 29.4 Å². The molecule has 0 heterocycles. The van der Waals surface area contributed by atoms with Crippen LogP contribution in [0.4, 0.5) is 5.69 Å². The number of benzene rings is 1.